The Balaban J connectivity index is 2.32. The van der Waals surface area contributed by atoms with Crippen molar-refractivity contribution in [3.05, 3.63) is 0 Å². The zero-order chi connectivity index (χ0) is 17.5. The van der Waals surface area contributed by atoms with Gasteiger partial charge in [-0.15, -0.1) is 0 Å². The standard InChI is InChI=1S/C14H25F3N4O2/c1-10(12(22)20-13(23)19-9-14(15,16)17)21-7-4-11(5-8-21)3-6-18-2/h10-11,18H,3-9H2,1-2H3,(H2,19,20,22,23). The van der Waals surface area contributed by atoms with Crippen molar-refractivity contribution in [3.63, 3.8) is 0 Å². The molecule has 23 heavy (non-hydrogen) atoms. The van der Waals surface area contributed by atoms with Crippen molar-refractivity contribution in [3.8, 4) is 0 Å². The van der Waals surface area contributed by atoms with Crippen molar-refractivity contribution < 1.29 is 22.8 Å². The predicted octanol–water partition coefficient (Wildman–Crippen LogP) is 1.08. The normalized spacial score (nSPS) is 18.5. The lowest BCUT2D eigenvalue weighted by atomic mass is 9.93. The number of hydrogen-bond donors (Lipinski definition) is 3. The second kappa shape index (κ2) is 9.07. The summed E-state index contributed by atoms with van der Waals surface area (Å²) in [5.41, 5.74) is 0. The highest BCUT2D eigenvalue weighted by atomic mass is 19.4. The number of rotatable bonds is 6. The molecule has 0 radical (unpaired) electrons. The van der Waals surface area contributed by atoms with Crippen LogP contribution in [0.4, 0.5) is 18.0 Å². The molecule has 3 N–H and O–H groups in total. The predicted molar refractivity (Wildman–Crippen MR) is 79.9 cm³/mol. The maximum absolute atomic E-state index is 12.0. The molecule has 1 fully saturated rings. The summed E-state index contributed by atoms with van der Waals surface area (Å²) in [5.74, 6) is 0.0300. The number of likely N-dealkylation sites (tertiary alicyclic amines) is 1. The van der Waals surface area contributed by atoms with E-state index in [0.717, 1.165) is 38.9 Å². The van der Waals surface area contributed by atoms with Crippen molar-refractivity contribution in [2.75, 3.05) is 33.2 Å². The van der Waals surface area contributed by atoms with Crippen molar-refractivity contribution in [2.45, 2.75) is 38.4 Å². The molecule has 0 aromatic rings. The highest BCUT2D eigenvalue weighted by Crippen LogP contribution is 2.21. The van der Waals surface area contributed by atoms with Crippen LogP contribution in [0.15, 0.2) is 0 Å². The molecule has 1 aliphatic rings. The molecule has 0 aromatic heterocycles. The largest absolute Gasteiger partial charge is 0.405 e. The van der Waals surface area contributed by atoms with Crippen molar-refractivity contribution in [2.24, 2.45) is 5.92 Å². The first-order chi connectivity index (χ1) is 10.7. The molecule has 1 unspecified atom stereocenters. The third-order valence-corrected chi connectivity index (χ3v) is 4.06. The monoisotopic (exact) mass is 338 g/mol. The molecule has 0 aliphatic carbocycles. The molecular weight excluding hydrogens is 313 g/mol. The van der Waals surface area contributed by atoms with Crippen LogP contribution >= 0.6 is 0 Å². The summed E-state index contributed by atoms with van der Waals surface area (Å²) < 4.78 is 36.0. The minimum atomic E-state index is -4.50. The highest BCUT2D eigenvalue weighted by molar-refractivity contribution is 5.96. The smallest absolute Gasteiger partial charge is 0.329 e. The Hall–Kier alpha value is -1.35. The van der Waals surface area contributed by atoms with E-state index in [-0.39, 0.29) is 0 Å². The zero-order valence-electron chi connectivity index (χ0n) is 13.5. The summed E-state index contributed by atoms with van der Waals surface area (Å²) >= 11 is 0. The minimum absolute atomic E-state index is 0.545. The lowest BCUT2D eigenvalue weighted by Gasteiger charge is -2.35. The first kappa shape index (κ1) is 19.7. The molecular formula is C14H25F3N4O2. The van der Waals surface area contributed by atoms with Crippen molar-refractivity contribution in [1.29, 1.82) is 0 Å². The number of hydrogen-bond acceptors (Lipinski definition) is 4. The lowest BCUT2D eigenvalue weighted by molar-refractivity contribution is -0.127. The van der Waals surface area contributed by atoms with E-state index in [2.05, 4.69) is 5.32 Å². The molecule has 134 valence electrons. The van der Waals surface area contributed by atoms with Crippen LogP contribution in [0.5, 0.6) is 0 Å². The van der Waals surface area contributed by atoms with Gasteiger partial charge in [-0.05, 0) is 58.8 Å². The van der Waals surface area contributed by atoms with Gasteiger partial charge in [0.15, 0.2) is 0 Å². The van der Waals surface area contributed by atoms with Gasteiger partial charge in [-0.25, -0.2) is 4.79 Å². The van der Waals surface area contributed by atoms with Crippen LogP contribution in [0.3, 0.4) is 0 Å². The van der Waals surface area contributed by atoms with Crippen molar-refractivity contribution >= 4 is 11.9 Å². The number of halogens is 3. The SMILES string of the molecule is CNCCC1CCN(C(C)C(=O)NC(=O)NCC(F)(F)F)CC1. The zero-order valence-corrected chi connectivity index (χ0v) is 13.5. The van der Waals surface area contributed by atoms with Gasteiger partial charge in [0.1, 0.15) is 6.54 Å². The van der Waals surface area contributed by atoms with E-state index in [0.29, 0.717) is 5.92 Å². The molecule has 0 bridgehead atoms. The first-order valence-electron chi connectivity index (χ1n) is 7.77. The Morgan fingerprint density at radius 1 is 1.26 bits per heavy atom. The van der Waals surface area contributed by atoms with Gasteiger partial charge >= 0.3 is 12.2 Å². The third kappa shape index (κ3) is 7.65. The van der Waals surface area contributed by atoms with Gasteiger partial charge in [-0.2, -0.15) is 13.2 Å². The first-order valence-corrected chi connectivity index (χ1v) is 7.77. The lowest BCUT2D eigenvalue weighted by Crippen LogP contribution is -2.52. The van der Waals surface area contributed by atoms with E-state index in [1.807, 2.05) is 17.3 Å². The number of nitrogens with one attached hydrogen (secondary N) is 3. The molecule has 1 heterocycles. The number of alkyl halides is 3. The number of nitrogens with zero attached hydrogens (tertiary/aromatic N) is 1. The molecule has 9 heteroatoms. The summed E-state index contributed by atoms with van der Waals surface area (Å²) in [5, 5.41) is 6.68. The summed E-state index contributed by atoms with van der Waals surface area (Å²) in [7, 11) is 1.91. The number of carbonyl (C=O) groups excluding carboxylic acids is 2. The van der Waals surface area contributed by atoms with E-state index in [4.69, 9.17) is 0 Å². The molecule has 0 spiro atoms. The number of piperidine rings is 1. The Labute approximate surface area is 134 Å². The van der Waals surface area contributed by atoms with Gasteiger partial charge in [-0.1, -0.05) is 0 Å². The highest BCUT2D eigenvalue weighted by Gasteiger charge is 2.30. The Bertz CT molecular complexity index is 396. The fraction of sp³-hybridized carbons (Fsp3) is 0.857. The summed E-state index contributed by atoms with van der Waals surface area (Å²) in [6.45, 7) is 2.64. The van der Waals surface area contributed by atoms with Crippen molar-refractivity contribution in [1.82, 2.24) is 20.9 Å². The molecule has 1 saturated heterocycles. The maximum atomic E-state index is 12.0. The van der Waals surface area contributed by atoms with Gasteiger partial charge in [0, 0.05) is 0 Å². The Morgan fingerprint density at radius 2 is 1.87 bits per heavy atom. The van der Waals surface area contributed by atoms with Crippen LogP contribution < -0.4 is 16.0 Å². The van der Waals surface area contributed by atoms with Crippen LogP contribution in [-0.4, -0.2) is 62.3 Å². The molecule has 1 rings (SSSR count). The fourth-order valence-electron chi connectivity index (χ4n) is 2.58. The quantitative estimate of drug-likeness (QED) is 0.678. The van der Waals surface area contributed by atoms with E-state index >= 15 is 0 Å². The summed E-state index contributed by atoms with van der Waals surface area (Å²) in [6, 6.07) is -1.67. The van der Waals surface area contributed by atoms with Crippen LogP contribution in [0.1, 0.15) is 26.2 Å². The Kier molecular flexibility index (Phi) is 7.77. The molecule has 6 nitrogen and oxygen atoms in total. The van der Waals surface area contributed by atoms with E-state index in [9.17, 15) is 22.8 Å². The van der Waals surface area contributed by atoms with E-state index in [1.54, 1.807) is 12.2 Å². The van der Waals surface area contributed by atoms with Crippen LogP contribution in [0.2, 0.25) is 0 Å². The summed E-state index contributed by atoms with van der Waals surface area (Å²) in [6.07, 6.45) is -1.47. The number of amides is 3. The second-order valence-electron chi connectivity index (χ2n) is 5.83. The average molecular weight is 338 g/mol. The average Bonchev–Trinajstić information content (AvgIpc) is 2.50. The molecule has 1 atom stereocenters. The minimum Gasteiger partial charge on any atom is -0.329 e. The van der Waals surface area contributed by atoms with Gasteiger partial charge in [0.2, 0.25) is 5.91 Å². The molecule has 3 amide bonds. The van der Waals surface area contributed by atoms with Crippen LogP contribution in [0.25, 0.3) is 0 Å². The second-order valence-corrected chi connectivity index (χ2v) is 5.83. The number of carbonyl (C=O) groups is 2. The van der Waals surface area contributed by atoms with Gasteiger partial charge in [0.25, 0.3) is 0 Å². The molecule has 0 saturated carbocycles. The fourth-order valence-corrected chi connectivity index (χ4v) is 2.58. The number of imide groups is 1. The maximum Gasteiger partial charge on any atom is 0.405 e. The van der Waals surface area contributed by atoms with Gasteiger partial charge < -0.3 is 10.6 Å². The van der Waals surface area contributed by atoms with E-state index in [1.165, 1.54) is 0 Å². The van der Waals surface area contributed by atoms with E-state index < -0.39 is 30.7 Å². The van der Waals surface area contributed by atoms with Gasteiger partial charge in [-0.3, -0.25) is 15.0 Å². The molecule has 0 aromatic carbocycles. The third-order valence-electron chi connectivity index (χ3n) is 4.06. The van der Waals surface area contributed by atoms with Crippen LogP contribution in [-0.2, 0) is 4.79 Å². The topological polar surface area (TPSA) is 73.5 Å². The van der Waals surface area contributed by atoms with Gasteiger partial charge in [0.05, 0.1) is 6.04 Å². The summed E-state index contributed by atoms with van der Waals surface area (Å²) in [4.78, 5) is 25.2. The Morgan fingerprint density at radius 3 is 2.39 bits per heavy atom. The number of urea groups is 1. The van der Waals surface area contributed by atoms with Crippen LogP contribution in [0, 0.1) is 5.92 Å². The molecule has 1 aliphatic heterocycles.